The third kappa shape index (κ3) is 3.20. The zero-order chi connectivity index (χ0) is 13.1. The minimum absolute atomic E-state index is 0.0617. The molecule has 4 nitrogen and oxygen atoms in total. The van der Waals surface area contributed by atoms with Crippen molar-refractivity contribution < 1.29 is 19.4 Å². The molecule has 0 bridgehead atoms. The number of halogens is 1. The molecule has 0 amide bonds. The number of carboxylic acids is 1. The average molecular weight is 253 g/mol. The van der Waals surface area contributed by atoms with Crippen LogP contribution in [0.25, 0.3) is 0 Å². The van der Waals surface area contributed by atoms with Crippen LogP contribution in [0.3, 0.4) is 0 Å². The van der Waals surface area contributed by atoms with Crippen molar-refractivity contribution in [3.8, 4) is 0 Å². The fraction of sp³-hybridized carbons (Fsp3) is 0.462. The molecule has 3 N–H and O–H groups in total. The largest absolute Gasteiger partial charge is 0.478 e. The van der Waals surface area contributed by atoms with E-state index in [4.69, 9.17) is 5.11 Å². The average Bonchev–Trinajstić information content (AvgIpc) is 2.31. The molecule has 0 radical (unpaired) electrons. The lowest BCUT2D eigenvalue weighted by Gasteiger charge is -2.27. The highest BCUT2D eigenvalue weighted by molar-refractivity contribution is 5.88. The maximum atomic E-state index is 13.3. The van der Waals surface area contributed by atoms with Crippen molar-refractivity contribution in [3.63, 3.8) is 0 Å². The van der Waals surface area contributed by atoms with Crippen LogP contribution in [-0.4, -0.2) is 28.3 Å². The van der Waals surface area contributed by atoms with Gasteiger partial charge in [-0.25, -0.2) is 9.18 Å². The van der Waals surface area contributed by atoms with Gasteiger partial charge in [0.15, 0.2) is 0 Å². The molecule has 0 atom stereocenters. The smallest absolute Gasteiger partial charge is 0.335 e. The second kappa shape index (κ2) is 5.35. The van der Waals surface area contributed by atoms with E-state index in [1.54, 1.807) is 0 Å². The maximum absolute atomic E-state index is 13.3. The lowest BCUT2D eigenvalue weighted by molar-refractivity contribution is 0.0696. The summed E-state index contributed by atoms with van der Waals surface area (Å²) in [5.41, 5.74) is 0.419. The molecule has 0 unspecified atom stereocenters. The van der Waals surface area contributed by atoms with Gasteiger partial charge in [-0.15, -0.1) is 0 Å². The summed E-state index contributed by atoms with van der Waals surface area (Å²) in [6.45, 7) is 0. The molecule has 1 aromatic rings. The van der Waals surface area contributed by atoms with Crippen molar-refractivity contribution in [2.45, 2.75) is 37.8 Å². The zero-order valence-corrected chi connectivity index (χ0v) is 9.90. The number of benzene rings is 1. The van der Waals surface area contributed by atoms with Crippen LogP contribution in [0.15, 0.2) is 18.2 Å². The number of carbonyl (C=O) groups is 1. The van der Waals surface area contributed by atoms with Crippen LogP contribution in [0, 0.1) is 5.82 Å². The number of anilines is 1. The van der Waals surface area contributed by atoms with E-state index < -0.39 is 11.8 Å². The number of hydrogen-bond donors (Lipinski definition) is 3. The standard InChI is InChI=1S/C13H16FNO3/c14-9-5-8(13(17)18)6-11(7-9)15-10-1-3-12(16)4-2-10/h5-7,10,12,15-16H,1-4H2,(H,17,18). The Morgan fingerprint density at radius 2 is 1.89 bits per heavy atom. The van der Waals surface area contributed by atoms with Gasteiger partial charge in [-0.1, -0.05) is 0 Å². The van der Waals surface area contributed by atoms with E-state index in [1.807, 2.05) is 0 Å². The molecule has 2 rings (SSSR count). The van der Waals surface area contributed by atoms with Crippen LogP contribution in [0.1, 0.15) is 36.0 Å². The Hall–Kier alpha value is -1.62. The van der Waals surface area contributed by atoms with E-state index in [-0.39, 0.29) is 17.7 Å². The highest BCUT2D eigenvalue weighted by Gasteiger charge is 2.19. The monoisotopic (exact) mass is 253 g/mol. The minimum atomic E-state index is -1.14. The number of hydrogen-bond acceptors (Lipinski definition) is 3. The number of aromatic carboxylic acids is 1. The zero-order valence-electron chi connectivity index (χ0n) is 9.90. The van der Waals surface area contributed by atoms with Crippen molar-refractivity contribution >= 4 is 11.7 Å². The van der Waals surface area contributed by atoms with Crippen LogP contribution in [0.5, 0.6) is 0 Å². The Bertz CT molecular complexity index is 442. The van der Waals surface area contributed by atoms with Gasteiger partial charge in [0.1, 0.15) is 5.82 Å². The molecule has 18 heavy (non-hydrogen) atoms. The van der Waals surface area contributed by atoms with Crippen molar-refractivity contribution in [3.05, 3.63) is 29.6 Å². The van der Waals surface area contributed by atoms with E-state index in [0.717, 1.165) is 31.7 Å². The van der Waals surface area contributed by atoms with Gasteiger partial charge in [0.05, 0.1) is 11.7 Å². The van der Waals surface area contributed by atoms with E-state index in [1.165, 1.54) is 12.1 Å². The second-order valence-electron chi connectivity index (χ2n) is 4.68. The van der Waals surface area contributed by atoms with E-state index in [9.17, 15) is 14.3 Å². The summed E-state index contributed by atoms with van der Waals surface area (Å²) in [4.78, 5) is 10.8. The summed E-state index contributed by atoms with van der Waals surface area (Å²) in [5.74, 6) is -1.70. The van der Waals surface area contributed by atoms with Gasteiger partial charge >= 0.3 is 5.97 Å². The number of aliphatic hydroxyl groups excluding tert-OH is 1. The highest BCUT2D eigenvalue weighted by Crippen LogP contribution is 2.23. The van der Waals surface area contributed by atoms with Crippen LogP contribution in [0.2, 0.25) is 0 Å². The van der Waals surface area contributed by atoms with Crippen molar-refractivity contribution in [2.24, 2.45) is 0 Å². The SMILES string of the molecule is O=C(O)c1cc(F)cc(NC2CCC(O)CC2)c1. The molecule has 98 valence electrons. The van der Waals surface area contributed by atoms with Gasteiger partial charge in [0.2, 0.25) is 0 Å². The summed E-state index contributed by atoms with van der Waals surface area (Å²) >= 11 is 0. The van der Waals surface area contributed by atoms with E-state index >= 15 is 0 Å². The Morgan fingerprint density at radius 1 is 1.22 bits per heavy atom. The van der Waals surface area contributed by atoms with Crippen molar-refractivity contribution in [2.75, 3.05) is 5.32 Å². The van der Waals surface area contributed by atoms with E-state index in [2.05, 4.69) is 5.32 Å². The van der Waals surface area contributed by atoms with Crippen LogP contribution >= 0.6 is 0 Å². The Balaban J connectivity index is 2.07. The molecule has 1 aliphatic carbocycles. The molecular formula is C13H16FNO3. The predicted octanol–water partition coefficient (Wildman–Crippen LogP) is 2.24. The maximum Gasteiger partial charge on any atom is 0.335 e. The second-order valence-corrected chi connectivity index (χ2v) is 4.68. The van der Waals surface area contributed by atoms with Gasteiger partial charge in [0, 0.05) is 11.7 Å². The first kappa shape index (κ1) is 12.8. The fourth-order valence-electron chi connectivity index (χ4n) is 2.25. The van der Waals surface area contributed by atoms with Gasteiger partial charge < -0.3 is 15.5 Å². The molecule has 0 spiro atoms. The van der Waals surface area contributed by atoms with Crippen LogP contribution in [0.4, 0.5) is 10.1 Å². The summed E-state index contributed by atoms with van der Waals surface area (Å²) in [5, 5.41) is 21.4. The Morgan fingerprint density at radius 3 is 2.50 bits per heavy atom. The molecule has 0 aliphatic heterocycles. The lowest BCUT2D eigenvalue weighted by Crippen LogP contribution is -2.28. The summed E-state index contributed by atoms with van der Waals surface area (Å²) in [6, 6.07) is 3.88. The van der Waals surface area contributed by atoms with Crippen LogP contribution in [-0.2, 0) is 0 Å². The van der Waals surface area contributed by atoms with Gasteiger partial charge in [0.25, 0.3) is 0 Å². The molecule has 1 fully saturated rings. The Labute approximate surface area is 104 Å². The molecule has 1 aromatic carbocycles. The van der Waals surface area contributed by atoms with Gasteiger partial charge in [-0.2, -0.15) is 0 Å². The highest BCUT2D eigenvalue weighted by atomic mass is 19.1. The summed E-state index contributed by atoms with van der Waals surface area (Å²) in [6.07, 6.45) is 2.81. The number of aliphatic hydroxyl groups is 1. The first-order valence-corrected chi connectivity index (χ1v) is 6.03. The quantitative estimate of drug-likeness (QED) is 0.772. The molecule has 0 saturated heterocycles. The van der Waals surface area contributed by atoms with Crippen molar-refractivity contribution in [1.29, 1.82) is 0 Å². The third-order valence-electron chi connectivity index (χ3n) is 3.21. The molecule has 0 heterocycles. The molecular weight excluding hydrogens is 237 g/mol. The van der Waals surface area contributed by atoms with E-state index in [0.29, 0.717) is 5.69 Å². The number of nitrogens with one attached hydrogen (secondary N) is 1. The topological polar surface area (TPSA) is 69.6 Å². The van der Waals surface area contributed by atoms with Gasteiger partial charge in [-0.05, 0) is 43.9 Å². The minimum Gasteiger partial charge on any atom is -0.478 e. The summed E-state index contributed by atoms with van der Waals surface area (Å²) < 4.78 is 13.3. The fourth-order valence-corrected chi connectivity index (χ4v) is 2.25. The Kier molecular flexibility index (Phi) is 3.81. The van der Waals surface area contributed by atoms with Crippen molar-refractivity contribution in [1.82, 2.24) is 0 Å². The van der Waals surface area contributed by atoms with Crippen LogP contribution < -0.4 is 5.32 Å². The first-order valence-electron chi connectivity index (χ1n) is 6.03. The van der Waals surface area contributed by atoms with Gasteiger partial charge in [-0.3, -0.25) is 0 Å². The number of carboxylic acid groups (broad SMARTS) is 1. The normalized spacial score (nSPS) is 23.7. The number of rotatable bonds is 3. The molecule has 0 aromatic heterocycles. The predicted molar refractivity (Wildman–Crippen MR) is 65.2 cm³/mol. The molecule has 1 saturated carbocycles. The molecule has 5 heteroatoms. The first-order chi connectivity index (χ1) is 8.54. The molecule has 1 aliphatic rings. The third-order valence-corrected chi connectivity index (χ3v) is 3.21. The summed E-state index contributed by atoms with van der Waals surface area (Å²) in [7, 11) is 0. The lowest BCUT2D eigenvalue weighted by atomic mass is 9.93.